The molecule has 3 heterocycles. The molecule has 4 rings (SSSR count). The van der Waals surface area contributed by atoms with Gasteiger partial charge in [0.1, 0.15) is 18.5 Å². The van der Waals surface area contributed by atoms with Gasteiger partial charge in [-0.05, 0) is 36.1 Å². The number of carbonyl (C=O) groups is 1. The van der Waals surface area contributed by atoms with Crippen LogP contribution in [0.15, 0.2) is 24.3 Å². The third kappa shape index (κ3) is 3.38. The summed E-state index contributed by atoms with van der Waals surface area (Å²) in [5, 5.41) is 8.05. The summed E-state index contributed by atoms with van der Waals surface area (Å²) in [5.41, 5.74) is 1.38. The van der Waals surface area contributed by atoms with E-state index in [2.05, 4.69) is 24.3 Å². The van der Waals surface area contributed by atoms with E-state index in [0.29, 0.717) is 35.5 Å². The summed E-state index contributed by atoms with van der Waals surface area (Å²) in [6, 6.07) is 7.15. The molecule has 2 atom stereocenters. The lowest BCUT2D eigenvalue weighted by atomic mass is 10.0. The number of halogens is 1. The Labute approximate surface area is 157 Å². The van der Waals surface area contributed by atoms with Crippen LogP contribution in [0.5, 0.6) is 11.6 Å². The molecule has 0 saturated carbocycles. The molecule has 0 fully saturated rings. The van der Waals surface area contributed by atoms with Gasteiger partial charge in [0.15, 0.2) is 5.69 Å². The fraction of sp³-hybridized carbons (Fsp3) is 0.474. The number of aromatic nitrogens is 2. The number of nitrogens with one attached hydrogen (secondary N) is 1. The van der Waals surface area contributed by atoms with Crippen LogP contribution >= 0.6 is 11.6 Å². The number of rotatable bonds is 3. The molecule has 1 aromatic carbocycles. The molecule has 1 aromatic heterocycles. The van der Waals surface area contributed by atoms with Crippen LogP contribution in [0, 0.1) is 5.92 Å². The minimum atomic E-state index is -0.212. The molecule has 0 aliphatic carbocycles. The Morgan fingerprint density at radius 1 is 1.38 bits per heavy atom. The third-order valence-electron chi connectivity index (χ3n) is 4.88. The monoisotopic (exact) mass is 375 g/mol. The van der Waals surface area contributed by atoms with Crippen LogP contribution < -0.4 is 14.8 Å². The van der Waals surface area contributed by atoms with Gasteiger partial charge < -0.3 is 14.8 Å². The molecule has 0 radical (unpaired) electrons. The van der Waals surface area contributed by atoms with Crippen LogP contribution in [0.25, 0.3) is 0 Å². The second-order valence-corrected chi connectivity index (χ2v) is 7.65. The van der Waals surface area contributed by atoms with Crippen LogP contribution in [-0.4, -0.2) is 34.4 Å². The number of nitrogens with zero attached hydrogens (tertiary/aromatic N) is 2. The molecular weight excluding hydrogens is 354 g/mol. The van der Waals surface area contributed by atoms with Gasteiger partial charge in [-0.15, -0.1) is 0 Å². The summed E-state index contributed by atoms with van der Waals surface area (Å²) >= 11 is 6.05. The van der Waals surface area contributed by atoms with Gasteiger partial charge in [0.25, 0.3) is 5.91 Å². The van der Waals surface area contributed by atoms with Crippen molar-refractivity contribution in [1.29, 1.82) is 0 Å². The summed E-state index contributed by atoms with van der Waals surface area (Å²) in [7, 11) is 0. The maximum Gasteiger partial charge on any atom is 0.272 e. The second-order valence-electron chi connectivity index (χ2n) is 7.22. The Bertz CT molecular complexity index is 833. The zero-order chi connectivity index (χ0) is 18.3. The molecule has 1 amide bonds. The van der Waals surface area contributed by atoms with Crippen LogP contribution in [0.4, 0.5) is 0 Å². The first kappa shape index (κ1) is 17.2. The molecule has 0 bridgehead atoms. The van der Waals surface area contributed by atoms with Crippen molar-refractivity contribution in [2.45, 2.75) is 45.4 Å². The van der Waals surface area contributed by atoms with Crippen molar-refractivity contribution in [3.63, 3.8) is 0 Å². The van der Waals surface area contributed by atoms with Crippen molar-refractivity contribution < 1.29 is 14.3 Å². The first-order chi connectivity index (χ1) is 12.5. The van der Waals surface area contributed by atoms with E-state index in [1.165, 1.54) is 0 Å². The molecule has 2 aliphatic rings. The van der Waals surface area contributed by atoms with E-state index in [-0.39, 0.29) is 18.1 Å². The lowest BCUT2D eigenvalue weighted by Crippen LogP contribution is -2.42. The highest BCUT2D eigenvalue weighted by molar-refractivity contribution is 6.30. The zero-order valence-electron chi connectivity index (χ0n) is 14.9. The summed E-state index contributed by atoms with van der Waals surface area (Å²) in [5.74, 6) is 1.71. The lowest BCUT2D eigenvalue weighted by Gasteiger charge is -2.27. The Kier molecular flexibility index (Phi) is 4.53. The van der Waals surface area contributed by atoms with E-state index in [0.717, 1.165) is 24.3 Å². The SMILES string of the molecule is CC(C)C1CCn2nc(C(=O)NC3COc4ccc(Cl)cc4C3)cc2O1. The normalized spacial score (nSPS) is 21.4. The average Bonchev–Trinajstić information content (AvgIpc) is 3.04. The standard InChI is InChI=1S/C19H22ClN3O3/c1-11(2)16-5-6-23-18(26-16)9-15(22-23)19(24)21-14-8-12-7-13(20)3-4-17(12)25-10-14/h3-4,7,9,11,14,16H,5-6,8,10H2,1-2H3,(H,21,24). The van der Waals surface area contributed by atoms with Crippen LogP contribution in [0.1, 0.15) is 36.3 Å². The van der Waals surface area contributed by atoms with Crippen LogP contribution in [0.3, 0.4) is 0 Å². The Hall–Kier alpha value is -2.21. The first-order valence-corrected chi connectivity index (χ1v) is 9.34. The van der Waals surface area contributed by atoms with Crippen LogP contribution in [0.2, 0.25) is 5.02 Å². The predicted molar refractivity (Wildman–Crippen MR) is 98.0 cm³/mol. The molecule has 2 aliphatic heterocycles. The Morgan fingerprint density at radius 2 is 2.23 bits per heavy atom. The number of aryl methyl sites for hydroxylation is 1. The Balaban J connectivity index is 1.43. The maximum absolute atomic E-state index is 12.6. The van der Waals surface area contributed by atoms with E-state index in [4.69, 9.17) is 21.1 Å². The fourth-order valence-corrected chi connectivity index (χ4v) is 3.61. The molecule has 0 spiro atoms. The van der Waals surface area contributed by atoms with E-state index >= 15 is 0 Å². The summed E-state index contributed by atoms with van der Waals surface area (Å²) in [4.78, 5) is 12.6. The minimum absolute atomic E-state index is 0.114. The van der Waals surface area contributed by atoms with Gasteiger partial charge in [-0.25, -0.2) is 4.68 Å². The summed E-state index contributed by atoms with van der Waals surface area (Å²) < 4.78 is 13.4. The van der Waals surface area contributed by atoms with E-state index in [1.807, 2.05) is 12.1 Å². The number of amides is 1. The van der Waals surface area contributed by atoms with Crippen molar-refractivity contribution in [3.05, 3.63) is 40.5 Å². The first-order valence-electron chi connectivity index (χ1n) is 8.96. The maximum atomic E-state index is 12.6. The van der Waals surface area contributed by atoms with Crippen molar-refractivity contribution in [2.75, 3.05) is 6.61 Å². The van der Waals surface area contributed by atoms with Gasteiger partial charge in [0.2, 0.25) is 5.88 Å². The van der Waals surface area contributed by atoms with Crippen molar-refractivity contribution in [2.24, 2.45) is 5.92 Å². The number of benzene rings is 1. The smallest absolute Gasteiger partial charge is 0.272 e. The van der Waals surface area contributed by atoms with Gasteiger partial charge >= 0.3 is 0 Å². The van der Waals surface area contributed by atoms with Crippen molar-refractivity contribution >= 4 is 17.5 Å². The topological polar surface area (TPSA) is 65.4 Å². The number of hydrogen-bond acceptors (Lipinski definition) is 4. The number of hydrogen-bond donors (Lipinski definition) is 1. The van der Waals surface area contributed by atoms with Gasteiger partial charge in [-0.2, -0.15) is 5.10 Å². The highest BCUT2D eigenvalue weighted by atomic mass is 35.5. The quantitative estimate of drug-likeness (QED) is 0.895. The average molecular weight is 376 g/mol. The number of carbonyl (C=O) groups excluding carboxylic acids is 1. The molecule has 7 heteroatoms. The fourth-order valence-electron chi connectivity index (χ4n) is 3.41. The molecule has 2 unspecified atom stereocenters. The van der Waals surface area contributed by atoms with Gasteiger partial charge in [0.05, 0.1) is 6.04 Å². The predicted octanol–water partition coefficient (Wildman–Crippen LogP) is 3.08. The zero-order valence-corrected chi connectivity index (χ0v) is 15.6. The van der Waals surface area contributed by atoms with Crippen molar-refractivity contribution in [3.8, 4) is 11.6 Å². The third-order valence-corrected chi connectivity index (χ3v) is 5.12. The summed E-state index contributed by atoms with van der Waals surface area (Å²) in [6.45, 7) is 5.47. The van der Waals surface area contributed by atoms with Crippen molar-refractivity contribution in [1.82, 2.24) is 15.1 Å². The minimum Gasteiger partial charge on any atom is -0.491 e. The number of fused-ring (bicyclic) bond motifs is 2. The van der Waals surface area contributed by atoms with Crippen LogP contribution in [-0.2, 0) is 13.0 Å². The van der Waals surface area contributed by atoms with E-state index in [9.17, 15) is 4.79 Å². The molecule has 0 saturated heterocycles. The molecule has 1 N–H and O–H groups in total. The van der Waals surface area contributed by atoms with E-state index in [1.54, 1.807) is 16.8 Å². The lowest BCUT2D eigenvalue weighted by molar-refractivity contribution is 0.0905. The molecular formula is C19H22ClN3O3. The number of ether oxygens (including phenoxy) is 2. The largest absolute Gasteiger partial charge is 0.491 e. The highest BCUT2D eigenvalue weighted by Crippen LogP contribution is 2.28. The molecule has 6 nitrogen and oxygen atoms in total. The van der Waals surface area contributed by atoms with E-state index < -0.39 is 0 Å². The molecule has 2 aromatic rings. The molecule has 26 heavy (non-hydrogen) atoms. The summed E-state index contributed by atoms with van der Waals surface area (Å²) in [6.07, 6.45) is 1.76. The molecule has 138 valence electrons. The highest BCUT2D eigenvalue weighted by Gasteiger charge is 2.27. The van der Waals surface area contributed by atoms with Gasteiger partial charge in [-0.3, -0.25) is 4.79 Å². The second kappa shape index (κ2) is 6.83. The van der Waals surface area contributed by atoms with Gasteiger partial charge in [-0.1, -0.05) is 25.4 Å². The van der Waals surface area contributed by atoms with Gasteiger partial charge in [0, 0.05) is 24.1 Å². The Morgan fingerprint density at radius 3 is 3.04 bits per heavy atom.